The van der Waals surface area contributed by atoms with Crippen molar-refractivity contribution in [3.05, 3.63) is 65.2 Å². The number of nitrogens with one attached hydrogen (secondary N) is 1. The van der Waals surface area contributed by atoms with E-state index in [1.54, 1.807) is 17.0 Å². The highest BCUT2D eigenvalue weighted by molar-refractivity contribution is 6.42. The lowest BCUT2D eigenvalue weighted by molar-refractivity contribution is -0.117. The first kappa shape index (κ1) is 19.8. The van der Waals surface area contributed by atoms with Crippen molar-refractivity contribution >= 4 is 23.3 Å². The van der Waals surface area contributed by atoms with Gasteiger partial charge >= 0.3 is 0 Å². The number of nitrogens with zero attached hydrogens (tertiary/aromatic N) is 1. The molecule has 0 spiro atoms. The number of anilines is 1. The van der Waals surface area contributed by atoms with Crippen LogP contribution in [0.15, 0.2) is 48.5 Å². The lowest BCUT2D eigenvalue weighted by atomic mass is 9.86. The molecule has 2 aromatic carbocycles. The van der Waals surface area contributed by atoms with Crippen molar-refractivity contribution in [3.63, 3.8) is 0 Å². The lowest BCUT2D eigenvalue weighted by Gasteiger charge is -2.18. The van der Waals surface area contributed by atoms with Crippen LogP contribution in [0.4, 0.5) is 5.69 Å². The van der Waals surface area contributed by atoms with Crippen LogP contribution in [0.25, 0.3) is 0 Å². The van der Waals surface area contributed by atoms with Crippen LogP contribution in [0.2, 0.25) is 0 Å². The van der Waals surface area contributed by atoms with Gasteiger partial charge in [0.25, 0.3) is 5.91 Å². The minimum absolute atomic E-state index is 0.00428. The Balaban J connectivity index is 1.57. The Morgan fingerprint density at radius 2 is 1.64 bits per heavy atom. The molecule has 1 fully saturated rings. The van der Waals surface area contributed by atoms with Gasteiger partial charge in [0.05, 0.1) is 0 Å². The van der Waals surface area contributed by atoms with Crippen LogP contribution in [-0.4, -0.2) is 24.1 Å². The van der Waals surface area contributed by atoms with Crippen LogP contribution in [0.1, 0.15) is 55.1 Å². The molecule has 0 bridgehead atoms. The summed E-state index contributed by atoms with van der Waals surface area (Å²) in [5.41, 5.74) is 3.23. The number of hydrogen-bond acceptors (Lipinski definition) is 3. The van der Waals surface area contributed by atoms with E-state index in [1.165, 1.54) is 0 Å². The fourth-order valence-electron chi connectivity index (χ4n) is 3.23. The quantitative estimate of drug-likeness (QED) is 0.638. The average molecular weight is 378 g/mol. The van der Waals surface area contributed by atoms with Gasteiger partial charge in [-0.05, 0) is 35.1 Å². The van der Waals surface area contributed by atoms with Gasteiger partial charge in [0.1, 0.15) is 0 Å². The molecule has 0 saturated carbocycles. The van der Waals surface area contributed by atoms with Gasteiger partial charge in [-0.3, -0.25) is 14.4 Å². The van der Waals surface area contributed by atoms with Gasteiger partial charge in [-0.15, -0.1) is 0 Å². The Morgan fingerprint density at radius 1 is 1.00 bits per heavy atom. The number of amides is 2. The zero-order valence-electron chi connectivity index (χ0n) is 16.6. The summed E-state index contributed by atoms with van der Waals surface area (Å²) in [5.74, 6) is -1.02. The number of ketones is 1. The van der Waals surface area contributed by atoms with Gasteiger partial charge in [-0.2, -0.15) is 0 Å². The Bertz CT molecular complexity index is 878. The van der Waals surface area contributed by atoms with Gasteiger partial charge < -0.3 is 10.2 Å². The van der Waals surface area contributed by atoms with E-state index in [0.717, 1.165) is 29.8 Å². The fourth-order valence-corrected chi connectivity index (χ4v) is 3.23. The molecular formula is C23H26N2O3. The molecule has 1 heterocycles. The molecule has 1 saturated heterocycles. The molecule has 2 amide bonds. The fraction of sp³-hybridized carbons (Fsp3) is 0.348. The summed E-state index contributed by atoms with van der Waals surface area (Å²) in [6, 6.07) is 14.6. The highest BCUT2D eigenvalue weighted by Gasteiger charge is 2.21. The number of benzene rings is 2. The van der Waals surface area contributed by atoms with E-state index in [2.05, 4.69) is 26.1 Å². The molecule has 2 aromatic rings. The monoisotopic (exact) mass is 378 g/mol. The van der Waals surface area contributed by atoms with Crippen LogP contribution < -0.4 is 10.2 Å². The van der Waals surface area contributed by atoms with Crippen LogP contribution in [0.3, 0.4) is 0 Å². The van der Waals surface area contributed by atoms with Crippen LogP contribution in [0.5, 0.6) is 0 Å². The molecule has 1 aliphatic heterocycles. The normalized spacial score (nSPS) is 14.2. The summed E-state index contributed by atoms with van der Waals surface area (Å²) < 4.78 is 0. The summed E-state index contributed by atoms with van der Waals surface area (Å²) in [6.07, 6.45) is 1.48. The highest BCUT2D eigenvalue weighted by atomic mass is 16.2. The first-order valence-corrected chi connectivity index (χ1v) is 9.58. The smallest absolute Gasteiger partial charge is 0.292 e. The number of hydrogen-bond donors (Lipinski definition) is 1. The van der Waals surface area contributed by atoms with E-state index in [9.17, 15) is 14.4 Å². The van der Waals surface area contributed by atoms with Gasteiger partial charge in [0, 0.05) is 30.8 Å². The minimum Gasteiger partial charge on any atom is -0.345 e. The molecule has 3 rings (SSSR count). The Morgan fingerprint density at radius 3 is 2.18 bits per heavy atom. The lowest BCUT2D eigenvalue weighted by Crippen LogP contribution is -2.30. The summed E-state index contributed by atoms with van der Waals surface area (Å²) in [7, 11) is 0. The largest absolute Gasteiger partial charge is 0.345 e. The summed E-state index contributed by atoms with van der Waals surface area (Å²) in [6.45, 7) is 7.31. The molecule has 1 aliphatic rings. The van der Waals surface area contributed by atoms with Crippen LogP contribution in [0, 0.1) is 0 Å². The second-order valence-electron chi connectivity index (χ2n) is 8.15. The van der Waals surface area contributed by atoms with Crippen molar-refractivity contribution in [2.75, 3.05) is 11.4 Å². The zero-order valence-corrected chi connectivity index (χ0v) is 16.6. The van der Waals surface area contributed by atoms with Gasteiger partial charge in [-0.1, -0.05) is 57.2 Å². The zero-order chi connectivity index (χ0) is 20.3. The molecule has 28 heavy (non-hydrogen) atoms. The minimum atomic E-state index is -0.623. The SMILES string of the molecule is CC(C)(C)c1ccc(C(=O)C(=O)NCc2ccc(N3CCCC3=O)cc2)cc1. The molecule has 0 radical (unpaired) electrons. The number of Topliss-reactive ketones (excluding diaryl/α,β-unsaturated/α-hetero) is 1. The number of carbonyl (C=O) groups excluding carboxylic acids is 3. The van der Waals surface area contributed by atoms with E-state index in [0.29, 0.717) is 12.0 Å². The second kappa shape index (κ2) is 7.97. The van der Waals surface area contributed by atoms with Gasteiger partial charge in [0.15, 0.2) is 0 Å². The van der Waals surface area contributed by atoms with Gasteiger partial charge in [-0.25, -0.2) is 0 Å². The molecule has 5 heteroatoms. The van der Waals surface area contributed by atoms with E-state index in [1.807, 2.05) is 36.4 Å². The molecule has 0 unspecified atom stereocenters. The van der Waals surface area contributed by atoms with Crippen molar-refractivity contribution < 1.29 is 14.4 Å². The Labute approximate surface area is 165 Å². The molecule has 5 nitrogen and oxygen atoms in total. The third-order valence-corrected chi connectivity index (χ3v) is 4.99. The standard InChI is InChI=1S/C23H26N2O3/c1-23(2,3)18-10-8-17(9-11-18)21(27)22(28)24-15-16-6-12-19(13-7-16)25-14-4-5-20(25)26/h6-13H,4-5,14-15H2,1-3H3,(H,24,28). The van der Waals surface area contributed by atoms with Crippen LogP contribution in [-0.2, 0) is 21.5 Å². The Hall–Kier alpha value is -2.95. The maximum atomic E-state index is 12.3. The predicted molar refractivity (Wildman–Crippen MR) is 109 cm³/mol. The first-order chi connectivity index (χ1) is 13.3. The average Bonchev–Trinajstić information content (AvgIpc) is 3.11. The summed E-state index contributed by atoms with van der Waals surface area (Å²) in [5, 5.41) is 2.67. The van der Waals surface area contributed by atoms with Crippen molar-refractivity contribution in [2.45, 2.75) is 45.6 Å². The van der Waals surface area contributed by atoms with E-state index in [-0.39, 0.29) is 17.9 Å². The topological polar surface area (TPSA) is 66.5 Å². The van der Waals surface area contributed by atoms with E-state index < -0.39 is 11.7 Å². The van der Waals surface area contributed by atoms with Crippen molar-refractivity contribution in [3.8, 4) is 0 Å². The molecular weight excluding hydrogens is 352 g/mol. The molecule has 146 valence electrons. The summed E-state index contributed by atoms with van der Waals surface area (Å²) >= 11 is 0. The van der Waals surface area contributed by atoms with Crippen molar-refractivity contribution in [1.82, 2.24) is 5.32 Å². The molecule has 0 aliphatic carbocycles. The van der Waals surface area contributed by atoms with Crippen molar-refractivity contribution in [1.29, 1.82) is 0 Å². The predicted octanol–water partition coefficient (Wildman–Crippen LogP) is 3.61. The summed E-state index contributed by atoms with van der Waals surface area (Å²) in [4.78, 5) is 38.1. The van der Waals surface area contributed by atoms with E-state index in [4.69, 9.17) is 0 Å². The van der Waals surface area contributed by atoms with Crippen LogP contribution >= 0.6 is 0 Å². The van der Waals surface area contributed by atoms with Gasteiger partial charge in [0.2, 0.25) is 11.7 Å². The second-order valence-corrected chi connectivity index (χ2v) is 8.15. The third kappa shape index (κ3) is 4.47. The third-order valence-electron chi connectivity index (χ3n) is 4.99. The number of rotatable bonds is 5. The van der Waals surface area contributed by atoms with E-state index >= 15 is 0 Å². The Kier molecular flexibility index (Phi) is 5.63. The maximum absolute atomic E-state index is 12.3. The van der Waals surface area contributed by atoms with Crippen molar-refractivity contribution in [2.24, 2.45) is 0 Å². The first-order valence-electron chi connectivity index (χ1n) is 9.58. The maximum Gasteiger partial charge on any atom is 0.292 e. The number of carbonyl (C=O) groups is 3. The molecule has 0 aromatic heterocycles. The molecule has 0 atom stereocenters. The highest BCUT2D eigenvalue weighted by Crippen LogP contribution is 2.23. The molecule has 1 N–H and O–H groups in total.